The molecule has 0 saturated carbocycles. The highest BCUT2D eigenvalue weighted by atomic mass is 35.5. The number of carbonyl (C=O) groups excluding carboxylic acids is 1. The Morgan fingerprint density at radius 3 is 2.60 bits per heavy atom. The van der Waals surface area contributed by atoms with Crippen LogP contribution in [0.15, 0.2) is 35.3 Å². The summed E-state index contributed by atoms with van der Waals surface area (Å²) in [5.74, 6) is 1.82. The summed E-state index contributed by atoms with van der Waals surface area (Å²) in [4.78, 5) is 30.0. The SMILES string of the molecule is COC[C@H](C)OC(=O)[C@@H](NCCOc1ccc2nc(-c3cc(C)c(=O)n(C)c3)n(CC3CCOCC3)c2c1)C(C)C.Cl. The first kappa shape index (κ1) is 33.6. The molecule has 2 aromatic heterocycles. The number of aromatic nitrogens is 3. The van der Waals surface area contributed by atoms with Gasteiger partial charge in [0.05, 0.1) is 17.6 Å². The second kappa shape index (κ2) is 15.5. The summed E-state index contributed by atoms with van der Waals surface area (Å²) in [5, 5.41) is 3.28. The smallest absolute Gasteiger partial charge is 0.323 e. The van der Waals surface area contributed by atoms with Crippen molar-refractivity contribution in [3.8, 4) is 17.1 Å². The molecule has 0 spiro atoms. The Balaban J connectivity index is 0.00000484. The molecular weight excluding hydrogens is 560 g/mol. The first-order valence-corrected chi connectivity index (χ1v) is 14.5. The largest absolute Gasteiger partial charge is 0.492 e. The maximum atomic E-state index is 12.6. The number of pyridine rings is 1. The molecule has 3 aromatic rings. The molecule has 1 aliphatic rings. The van der Waals surface area contributed by atoms with Gasteiger partial charge in [0, 0.05) is 63.9 Å². The van der Waals surface area contributed by atoms with Crippen LogP contribution in [0.25, 0.3) is 22.4 Å². The highest BCUT2D eigenvalue weighted by Crippen LogP contribution is 2.30. The molecule has 0 amide bonds. The first-order valence-electron chi connectivity index (χ1n) is 14.5. The van der Waals surface area contributed by atoms with E-state index < -0.39 is 6.04 Å². The highest BCUT2D eigenvalue weighted by molar-refractivity contribution is 5.85. The van der Waals surface area contributed by atoms with E-state index in [1.165, 1.54) is 0 Å². The number of ether oxygens (including phenoxy) is 4. The molecule has 3 heterocycles. The van der Waals surface area contributed by atoms with E-state index in [0.29, 0.717) is 31.2 Å². The number of benzene rings is 1. The summed E-state index contributed by atoms with van der Waals surface area (Å²) in [6.45, 7) is 11.2. The average molecular weight is 605 g/mol. The van der Waals surface area contributed by atoms with Crippen molar-refractivity contribution >= 4 is 29.4 Å². The van der Waals surface area contributed by atoms with Crippen LogP contribution in [0.4, 0.5) is 0 Å². The fourth-order valence-electron chi connectivity index (χ4n) is 5.30. The molecule has 2 atom stereocenters. The van der Waals surface area contributed by atoms with Crippen LogP contribution >= 0.6 is 12.4 Å². The van der Waals surface area contributed by atoms with Crippen LogP contribution < -0.4 is 15.6 Å². The standard InChI is InChI=1S/C31H44N4O6.ClH/c1-20(2)28(31(37)41-22(4)19-38-6)32-11-14-40-25-7-8-26-27(16-25)35(17-23-9-12-39-13-10-23)29(33-26)24-15-21(3)30(36)34(5)18-24;/h7-8,15-16,18,20,22-23,28,32H,9-14,17,19H2,1-6H3;1H/t22-,28-;/m0./s1. The van der Waals surface area contributed by atoms with Gasteiger partial charge in [0.2, 0.25) is 0 Å². The molecule has 1 saturated heterocycles. The van der Waals surface area contributed by atoms with Gasteiger partial charge in [-0.1, -0.05) is 13.8 Å². The maximum absolute atomic E-state index is 12.6. The zero-order valence-electron chi connectivity index (χ0n) is 25.6. The Kier molecular flexibility index (Phi) is 12.4. The number of rotatable bonds is 13. The quantitative estimate of drug-likeness (QED) is 0.229. The van der Waals surface area contributed by atoms with Crippen molar-refractivity contribution < 1.29 is 23.7 Å². The minimum absolute atomic E-state index is 0. The van der Waals surface area contributed by atoms with Crippen molar-refractivity contribution in [2.75, 3.05) is 40.1 Å². The molecule has 232 valence electrons. The summed E-state index contributed by atoms with van der Waals surface area (Å²) >= 11 is 0. The molecule has 0 radical (unpaired) electrons. The number of esters is 1. The predicted molar refractivity (Wildman–Crippen MR) is 165 cm³/mol. The number of fused-ring (bicyclic) bond motifs is 1. The van der Waals surface area contributed by atoms with E-state index in [2.05, 4.69) is 9.88 Å². The first-order chi connectivity index (χ1) is 19.7. The van der Waals surface area contributed by atoms with Gasteiger partial charge in [-0.05, 0) is 56.7 Å². The third-order valence-electron chi connectivity index (χ3n) is 7.50. The van der Waals surface area contributed by atoms with Gasteiger partial charge in [0.25, 0.3) is 5.56 Å². The van der Waals surface area contributed by atoms with E-state index in [1.807, 2.05) is 58.2 Å². The van der Waals surface area contributed by atoms with Gasteiger partial charge < -0.3 is 33.4 Å². The van der Waals surface area contributed by atoms with Crippen LogP contribution in [0.2, 0.25) is 0 Å². The second-order valence-corrected chi connectivity index (χ2v) is 11.3. The van der Waals surface area contributed by atoms with E-state index in [4.69, 9.17) is 23.9 Å². The van der Waals surface area contributed by atoms with Crippen LogP contribution in [-0.4, -0.2) is 72.3 Å². The summed E-state index contributed by atoms with van der Waals surface area (Å²) in [5.41, 5.74) is 3.44. The van der Waals surface area contributed by atoms with Gasteiger partial charge in [-0.2, -0.15) is 0 Å². The number of hydrogen-bond donors (Lipinski definition) is 1. The van der Waals surface area contributed by atoms with Crippen molar-refractivity contribution in [3.05, 3.63) is 46.4 Å². The number of hydrogen-bond acceptors (Lipinski definition) is 8. The number of nitrogens with one attached hydrogen (secondary N) is 1. The minimum atomic E-state index is -0.436. The van der Waals surface area contributed by atoms with Crippen LogP contribution in [0.1, 0.15) is 39.2 Å². The Bertz CT molecular complexity index is 1360. The highest BCUT2D eigenvalue weighted by Gasteiger charge is 2.25. The Morgan fingerprint density at radius 1 is 1.19 bits per heavy atom. The normalized spacial score (nSPS) is 15.4. The topological polar surface area (TPSA) is 106 Å². The molecule has 4 rings (SSSR count). The van der Waals surface area contributed by atoms with E-state index >= 15 is 0 Å². The summed E-state index contributed by atoms with van der Waals surface area (Å²) in [6.07, 6.45) is 3.54. The van der Waals surface area contributed by atoms with Crippen molar-refractivity contribution in [2.45, 2.75) is 59.2 Å². The minimum Gasteiger partial charge on any atom is -0.492 e. The molecule has 0 aliphatic carbocycles. The molecule has 1 fully saturated rings. The van der Waals surface area contributed by atoms with Gasteiger partial charge >= 0.3 is 5.97 Å². The van der Waals surface area contributed by atoms with Gasteiger partial charge in [-0.25, -0.2) is 4.98 Å². The van der Waals surface area contributed by atoms with Crippen LogP contribution in [0.5, 0.6) is 5.75 Å². The van der Waals surface area contributed by atoms with E-state index in [0.717, 1.165) is 60.8 Å². The van der Waals surface area contributed by atoms with E-state index in [-0.39, 0.29) is 36.0 Å². The van der Waals surface area contributed by atoms with Gasteiger partial charge in [-0.3, -0.25) is 9.59 Å². The molecular formula is C31H45ClN4O6. The zero-order valence-corrected chi connectivity index (χ0v) is 26.4. The van der Waals surface area contributed by atoms with Crippen molar-refractivity contribution in [1.29, 1.82) is 0 Å². The lowest BCUT2D eigenvalue weighted by Crippen LogP contribution is -2.45. The van der Waals surface area contributed by atoms with Crippen LogP contribution in [0, 0.1) is 18.8 Å². The van der Waals surface area contributed by atoms with E-state index in [1.54, 1.807) is 18.7 Å². The number of methoxy groups -OCH3 is 1. The molecule has 0 bridgehead atoms. The summed E-state index contributed by atoms with van der Waals surface area (Å²) < 4.78 is 26.2. The zero-order chi connectivity index (χ0) is 29.5. The lowest BCUT2D eigenvalue weighted by Gasteiger charge is -2.24. The maximum Gasteiger partial charge on any atom is 0.323 e. The third-order valence-corrected chi connectivity index (χ3v) is 7.50. The molecule has 1 aromatic carbocycles. The van der Waals surface area contributed by atoms with Gasteiger partial charge in [-0.15, -0.1) is 12.4 Å². The van der Waals surface area contributed by atoms with Crippen molar-refractivity contribution in [2.24, 2.45) is 18.9 Å². The average Bonchev–Trinajstić information content (AvgIpc) is 3.29. The fourth-order valence-corrected chi connectivity index (χ4v) is 5.30. The molecule has 1 aliphatic heterocycles. The van der Waals surface area contributed by atoms with Crippen molar-refractivity contribution in [3.63, 3.8) is 0 Å². The van der Waals surface area contributed by atoms with Crippen LogP contribution in [-0.2, 0) is 32.6 Å². The number of nitrogens with zero attached hydrogens (tertiary/aromatic N) is 3. The molecule has 1 N–H and O–H groups in total. The molecule has 0 unspecified atom stereocenters. The lowest BCUT2D eigenvalue weighted by molar-refractivity contribution is -0.154. The number of aryl methyl sites for hydroxylation is 2. The molecule has 42 heavy (non-hydrogen) atoms. The third kappa shape index (κ3) is 8.34. The number of carbonyl (C=O) groups is 1. The summed E-state index contributed by atoms with van der Waals surface area (Å²) in [7, 11) is 3.36. The number of halogens is 1. The van der Waals surface area contributed by atoms with Gasteiger partial charge in [0.1, 0.15) is 30.3 Å². The number of imidazole rings is 1. The molecule has 10 nitrogen and oxygen atoms in total. The van der Waals surface area contributed by atoms with Crippen molar-refractivity contribution in [1.82, 2.24) is 19.4 Å². The monoisotopic (exact) mass is 604 g/mol. The Hall–Kier alpha value is -2.92. The Labute approximate surface area is 254 Å². The second-order valence-electron chi connectivity index (χ2n) is 11.3. The molecule has 11 heteroatoms. The summed E-state index contributed by atoms with van der Waals surface area (Å²) in [6, 6.07) is 7.40. The van der Waals surface area contributed by atoms with Gasteiger partial charge in [0.15, 0.2) is 0 Å². The lowest BCUT2D eigenvalue weighted by atomic mass is 10.00. The van der Waals surface area contributed by atoms with E-state index in [9.17, 15) is 9.59 Å². The predicted octanol–water partition coefficient (Wildman–Crippen LogP) is 4.13. The van der Waals surface area contributed by atoms with Crippen LogP contribution in [0.3, 0.4) is 0 Å². The Morgan fingerprint density at radius 2 is 1.93 bits per heavy atom. The fraction of sp³-hybridized carbons (Fsp3) is 0.581.